The van der Waals surface area contributed by atoms with E-state index in [2.05, 4.69) is 23.5 Å². The lowest BCUT2D eigenvalue weighted by molar-refractivity contribution is -0.137. The maximum Gasteiger partial charge on any atom is 0.330 e. The monoisotopic (exact) mass is 403 g/mol. The molecule has 1 N–H and O–H groups in total. The van der Waals surface area contributed by atoms with Crippen molar-refractivity contribution in [2.45, 2.75) is 31.7 Å². The molecule has 0 saturated heterocycles. The highest BCUT2D eigenvalue weighted by Gasteiger charge is 2.27. The summed E-state index contributed by atoms with van der Waals surface area (Å²) in [6.07, 6.45) is 5.33. The van der Waals surface area contributed by atoms with Gasteiger partial charge in [-0.15, -0.1) is 0 Å². The lowest BCUT2D eigenvalue weighted by Gasteiger charge is -2.32. The predicted octanol–water partition coefficient (Wildman–Crippen LogP) is 5.76. The lowest BCUT2D eigenvalue weighted by Crippen LogP contribution is -2.24. The Morgan fingerprint density at radius 1 is 1.15 bits per heavy atom. The molecule has 2 aromatic rings. The van der Waals surface area contributed by atoms with Crippen LogP contribution in [0.25, 0.3) is 6.08 Å². The van der Waals surface area contributed by atoms with Crippen molar-refractivity contribution in [1.29, 1.82) is 0 Å². The number of fused-ring (bicyclic) bond motifs is 1. The van der Waals surface area contributed by atoms with Crippen LogP contribution in [0.15, 0.2) is 42.5 Å². The third-order valence-electron chi connectivity index (χ3n) is 5.00. The highest BCUT2D eigenvalue weighted by Crippen LogP contribution is 2.42. The molecular formula is C22H23Cl2NO2. The van der Waals surface area contributed by atoms with Crippen molar-refractivity contribution >= 4 is 35.2 Å². The van der Waals surface area contributed by atoms with Gasteiger partial charge in [0.05, 0.1) is 16.7 Å². The fourth-order valence-electron chi connectivity index (χ4n) is 3.69. The van der Waals surface area contributed by atoms with E-state index in [0.717, 1.165) is 18.4 Å². The average Bonchev–Trinajstić information content (AvgIpc) is 2.67. The van der Waals surface area contributed by atoms with Gasteiger partial charge in [0.25, 0.3) is 0 Å². The summed E-state index contributed by atoms with van der Waals surface area (Å²) in [6.45, 7) is 2.17. The second-order valence-electron chi connectivity index (χ2n) is 6.62. The zero-order valence-corrected chi connectivity index (χ0v) is 17.0. The highest BCUT2D eigenvalue weighted by molar-refractivity contribution is 6.42. The molecular weight excluding hydrogens is 381 g/mol. The Bertz CT molecular complexity index is 863. The molecule has 0 radical (unpaired) electrons. The van der Waals surface area contributed by atoms with Crippen LogP contribution in [0.5, 0.6) is 0 Å². The summed E-state index contributed by atoms with van der Waals surface area (Å²) in [5.41, 5.74) is 4.70. The Balaban J connectivity index is 1.95. The molecule has 1 aliphatic carbocycles. The maximum atomic E-state index is 11.6. The zero-order valence-electron chi connectivity index (χ0n) is 15.5. The smallest absolute Gasteiger partial charge is 0.330 e. The van der Waals surface area contributed by atoms with Gasteiger partial charge in [-0.2, -0.15) is 0 Å². The summed E-state index contributed by atoms with van der Waals surface area (Å²) in [7, 11) is 1.98. The van der Waals surface area contributed by atoms with Crippen molar-refractivity contribution < 1.29 is 9.53 Å². The van der Waals surface area contributed by atoms with E-state index in [0.29, 0.717) is 16.7 Å². The van der Waals surface area contributed by atoms with E-state index in [1.165, 1.54) is 22.8 Å². The second kappa shape index (κ2) is 8.92. The number of hydrogen-bond donors (Lipinski definition) is 1. The molecule has 0 fully saturated rings. The molecule has 0 aromatic heterocycles. The summed E-state index contributed by atoms with van der Waals surface area (Å²) in [6, 6.07) is 12.5. The third kappa shape index (κ3) is 4.55. The second-order valence-corrected chi connectivity index (χ2v) is 7.43. The average molecular weight is 404 g/mol. The van der Waals surface area contributed by atoms with E-state index in [1.807, 2.05) is 25.2 Å². The van der Waals surface area contributed by atoms with Crippen LogP contribution in [0.3, 0.4) is 0 Å². The molecule has 0 unspecified atom stereocenters. The number of rotatable bonds is 5. The molecule has 3 rings (SSSR count). The van der Waals surface area contributed by atoms with Gasteiger partial charge in [0.1, 0.15) is 0 Å². The minimum Gasteiger partial charge on any atom is -0.463 e. The molecule has 2 aromatic carbocycles. The van der Waals surface area contributed by atoms with E-state index in [4.69, 9.17) is 27.9 Å². The molecule has 5 heteroatoms. The number of carbonyl (C=O) groups is 1. The molecule has 0 heterocycles. The molecule has 0 saturated carbocycles. The van der Waals surface area contributed by atoms with Crippen LogP contribution in [0.2, 0.25) is 10.0 Å². The number of ether oxygens (including phenoxy) is 1. The summed E-state index contributed by atoms with van der Waals surface area (Å²) < 4.78 is 4.95. The molecule has 1 aliphatic rings. The Hall–Kier alpha value is -1.81. The van der Waals surface area contributed by atoms with Crippen LogP contribution < -0.4 is 5.32 Å². The first-order valence-corrected chi connectivity index (χ1v) is 9.90. The molecule has 2 atom stereocenters. The summed E-state index contributed by atoms with van der Waals surface area (Å²) in [4.78, 5) is 11.6. The van der Waals surface area contributed by atoms with Gasteiger partial charge in [-0.25, -0.2) is 4.79 Å². The predicted molar refractivity (Wildman–Crippen MR) is 111 cm³/mol. The van der Waals surface area contributed by atoms with E-state index in [-0.39, 0.29) is 17.9 Å². The van der Waals surface area contributed by atoms with Crippen LogP contribution in [0.4, 0.5) is 0 Å². The van der Waals surface area contributed by atoms with E-state index in [9.17, 15) is 4.79 Å². The van der Waals surface area contributed by atoms with E-state index >= 15 is 0 Å². The Kier molecular flexibility index (Phi) is 6.59. The Morgan fingerprint density at radius 3 is 2.67 bits per heavy atom. The standard InChI is InChI=1S/C22H23Cl2NO2/c1-3-27-22(26)11-5-14-4-7-17-16(8-10-21(25-2)18(17)12-14)15-6-9-19(23)20(24)13-15/h4-7,9,11-13,16,21,25H,3,8,10H2,1-2H3/b11-5+/t16-,21-/m0/s1. The summed E-state index contributed by atoms with van der Waals surface area (Å²) >= 11 is 12.3. The fourth-order valence-corrected chi connectivity index (χ4v) is 4.00. The molecule has 0 bridgehead atoms. The van der Waals surface area contributed by atoms with Crippen molar-refractivity contribution in [2.24, 2.45) is 0 Å². The molecule has 0 aliphatic heterocycles. The number of carbonyl (C=O) groups excluding carboxylic acids is 1. The Morgan fingerprint density at radius 2 is 1.96 bits per heavy atom. The van der Waals surface area contributed by atoms with Crippen molar-refractivity contribution in [3.05, 3.63) is 74.8 Å². The summed E-state index contributed by atoms with van der Waals surface area (Å²) in [5.74, 6) is -0.0449. The normalized spacial score (nSPS) is 19.1. The van der Waals surface area contributed by atoms with Gasteiger partial charge in [0.2, 0.25) is 0 Å². The van der Waals surface area contributed by atoms with Crippen molar-refractivity contribution in [3.8, 4) is 0 Å². The SMILES string of the molecule is CCOC(=O)/C=C/c1ccc2c(c1)[C@@H](NC)CC[C@H]2c1ccc(Cl)c(Cl)c1. The molecule has 27 heavy (non-hydrogen) atoms. The lowest BCUT2D eigenvalue weighted by atomic mass is 9.76. The fraction of sp³-hybridized carbons (Fsp3) is 0.318. The first kappa shape index (κ1) is 19.9. The summed E-state index contributed by atoms with van der Waals surface area (Å²) in [5, 5.41) is 4.56. The number of hydrogen-bond acceptors (Lipinski definition) is 3. The van der Waals surface area contributed by atoms with E-state index in [1.54, 1.807) is 13.0 Å². The first-order chi connectivity index (χ1) is 13.0. The van der Waals surface area contributed by atoms with Crippen LogP contribution in [0, 0.1) is 0 Å². The minimum atomic E-state index is -0.325. The van der Waals surface area contributed by atoms with Crippen molar-refractivity contribution in [3.63, 3.8) is 0 Å². The largest absolute Gasteiger partial charge is 0.463 e. The number of benzene rings is 2. The topological polar surface area (TPSA) is 38.3 Å². The molecule has 142 valence electrons. The van der Waals surface area contributed by atoms with Crippen molar-refractivity contribution in [2.75, 3.05) is 13.7 Å². The van der Waals surface area contributed by atoms with Crippen LogP contribution in [-0.2, 0) is 9.53 Å². The first-order valence-electron chi connectivity index (χ1n) is 9.14. The minimum absolute atomic E-state index is 0.280. The third-order valence-corrected chi connectivity index (χ3v) is 5.74. The van der Waals surface area contributed by atoms with Crippen LogP contribution in [0.1, 0.15) is 54.0 Å². The van der Waals surface area contributed by atoms with Gasteiger partial charge >= 0.3 is 5.97 Å². The van der Waals surface area contributed by atoms with Gasteiger partial charge in [0, 0.05) is 18.0 Å². The van der Waals surface area contributed by atoms with Crippen LogP contribution in [-0.4, -0.2) is 19.6 Å². The number of nitrogens with one attached hydrogen (secondary N) is 1. The quantitative estimate of drug-likeness (QED) is 0.509. The van der Waals surface area contributed by atoms with Gasteiger partial charge in [-0.1, -0.05) is 41.4 Å². The van der Waals surface area contributed by atoms with Gasteiger partial charge in [-0.05, 0) is 73.3 Å². The molecule has 0 spiro atoms. The highest BCUT2D eigenvalue weighted by atomic mass is 35.5. The van der Waals surface area contributed by atoms with Gasteiger partial charge in [0.15, 0.2) is 0 Å². The number of halogens is 2. The molecule has 3 nitrogen and oxygen atoms in total. The number of esters is 1. The zero-order chi connectivity index (χ0) is 19.4. The van der Waals surface area contributed by atoms with E-state index < -0.39 is 0 Å². The molecule has 0 amide bonds. The maximum absolute atomic E-state index is 11.6. The van der Waals surface area contributed by atoms with Gasteiger partial charge in [-0.3, -0.25) is 0 Å². The van der Waals surface area contributed by atoms with Crippen LogP contribution >= 0.6 is 23.2 Å². The van der Waals surface area contributed by atoms with Crippen molar-refractivity contribution in [1.82, 2.24) is 5.32 Å². The Labute approximate surface area is 170 Å². The van der Waals surface area contributed by atoms with Gasteiger partial charge < -0.3 is 10.1 Å².